The van der Waals surface area contributed by atoms with E-state index < -0.39 is 29.2 Å². The predicted octanol–water partition coefficient (Wildman–Crippen LogP) is 7.08. The molecule has 158 valence electrons. The highest BCUT2D eigenvalue weighted by Crippen LogP contribution is 2.41. The summed E-state index contributed by atoms with van der Waals surface area (Å²) in [4.78, 5) is 0. The molecule has 0 saturated carbocycles. The van der Waals surface area contributed by atoms with Gasteiger partial charge in [0.15, 0.2) is 0 Å². The zero-order valence-electron chi connectivity index (χ0n) is 14.9. The molecule has 3 nitrogen and oxygen atoms in total. The molecule has 4 N–H and O–H groups in total. The number of alkyl halides is 6. The van der Waals surface area contributed by atoms with Crippen LogP contribution < -0.4 is 11.1 Å². The lowest BCUT2D eigenvalue weighted by Crippen LogP contribution is -2.11. The second-order valence-electron chi connectivity index (χ2n) is 6.39. The Hall–Kier alpha value is -3.07. The van der Waals surface area contributed by atoms with Gasteiger partial charge in [-0.3, -0.25) is 0 Å². The van der Waals surface area contributed by atoms with Crippen LogP contribution in [0.4, 0.5) is 43.4 Å². The molecular formula is C20H13ClF6N2O. The van der Waals surface area contributed by atoms with Crippen LogP contribution in [0.25, 0.3) is 11.1 Å². The van der Waals surface area contributed by atoms with Gasteiger partial charge in [0.05, 0.1) is 21.8 Å². The summed E-state index contributed by atoms with van der Waals surface area (Å²) in [6.07, 6.45) is -9.97. The molecule has 3 rings (SSSR count). The van der Waals surface area contributed by atoms with E-state index in [0.717, 1.165) is 6.07 Å². The van der Waals surface area contributed by atoms with E-state index >= 15 is 0 Å². The third-order valence-corrected chi connectivity index (χ3v) is 4.49. The predicted molar refractivity (Wildman–Crippen MR) is 103 cm³/mol. The highest BCUT2D eigenvalue weighted by molar-refractivity contribution is 6.33. The second-order valence-corrected chi connectivity index (χ2v) is 6.80. The average molecular weight is 447 g/mol. The topological polar surface area (TPSA) is 58.3 Å². The maximum atomic E-state index is 13.0. The van der Waals surface area contributed by atoms with E-state index in [1.54, 1.807) is 24.3 Å². The molecule has 0 bridgehead atoms. The van der Waals surface area contributed by atoms with Crippen LogP contribution in [0.15, 0.2) is 54.6 Å². The first-order valence-corrected chi connectivity index (χ1v) is 8.67. The van der Waals surface area contributed by atoms with Crippen molar-refractivity contribution in [1.82, 2.24) is 0 Å². The third kappa shape index (κ3) is 4.73. The quantitative estimate of drug-likeness (QED) is 0.298. The van der Waals surface area contributed by atoms with Crippen LogP contribution in [0.3, 0.4) is 0 Å². The largest absolute Gasteiger partial charge is 0.507 e. The number of nitrogens with two attached hydrogens (primary N) is 1. The fraction of sp³-hybridized carbons (Fsp3) is 0.100. The Labute approximate surface area is 171 Å². The van der Waals surface area contributed by atoms with Crippen LogP contribution in [0, 0.1) is 0 Å². The van der Waals surface area contributed by atoms with Gasteiger partial charge in [-0.1, -0.05) is 23.7 Å². The smallest absolute Gasteiger partial charge is 0.416 e. The first-order chi connectivity index (χ1) is 13.8. The SMILES string of the molecule is Nc1ccc(-c2cc(Cl)c(Nc3cc(C(F)(F)F)cc(C(F)(F)F)c3)cc2O)cc1. The Kier molecular flexibility index (Phi) is 5.51. The summed E-state index contributed by atoms with van der Waals surface area (Å²) >= 11 is 6.15. The van der Waals surface area contributed by atoms with Crippen molar-refractivity contribution in [2.75, 3.05) is 11.1 Å². The number of nitrogens with one attached hydrogen (secondary N) is 1. The van der Waals surface area contributed by atoms with Crippen LogP contribution in [0.2, 0.25) is 5.02 Å². The first-order valence-electron chi connectivity index (χ1n) is 8.29. The summed E-state index contributed by atoms with van der Waals surface area (Å²) in [7, 11) is 0. The molecule has 0 aliphatic carbocycles. The minimum absolute atomic E-state index is 0.0223. The summed E-state index contributed by atoms with van der Waals surface area (Å²) in [6.45, 7) is 0. The van der Waals surface area contributed by atoms with E-state index in [4.69, 9.17) is 17.3 Å². The zero-order chi connectivity index (χ0) is 22.3. The number of benzene rings is 3. The van der Waals surface area contributed by atoms with Crippen LogP contribution in [0.1, 0.15) is 11.1 Å². The van der Waals surface area contributed by atoms with Crippen molar-refractivity contribution in [2.45, 2.75) is 12.4 Å². The molecular weight excluding hydrogens is 434 g/mol. The number of aromatic hydroxyl groups is 1. The van der Waals surface area contributed by atoms with Gasteiger partial charge in [0.1, 0.15) is 5.75 Å². The van der Waals surface area contributed by atoms with Crippen LogP contribution in [-0.4, -0.2) is 5.11 Å². The standard InChI is InChI=1S/C20H13ClF6N2O/c21-16-8-15(10-1-3-13(28)4-2-10)18(30)9-17(16)29-14-6-11(19(22,23)24)5-12(7-14)20(25,26)27/h1-9,29-30H,28H2. The molecule has 0 amide bonds. The van der Waals surface area contributed by atoms with Crippen LogP contribution >= 0.6 is 11.6 Å². The average Bonchev–Trinajstić information content (AvgIpc) is 2.63. The van der Waals surface area contributed by atoms with E-state index in [0.29, 0.717) is 28.9 Å². The van der Waals surface area contributed by atoms with Gasteiger partial charge in [-0.15, -0.1) is 0 Å². The Balaban J connectivity index is 2.02. The van der Waals surface area contributed by atoms with Crippen LogP contribution in [0.5, 0.6) is 5.75 Å². The number of phenolic OH excluding ortho intramolecular Hbond substituents is 1. The minimum Gasteiger partial charge on any atom is -0.507 e. The maximum absolute atomic E-state index is 13.0. The number of rotatable bonds is 3. The molecule has 3 aromatic carbocycles. The minimum atomic E-state index is -4.98. The van der Waals surface area contributed by atoms with Crippen molar-refractivity contribution in [3.8, 4) is 16.9 Å². The fourth-order valence-corrected chi connectivity index (χ4v) is 2.95. The summed E-state index contributed by atoms with van der Waals surface area (Å²) in [5, 5.41) is 12.7. The van der Waals surface area contributed by atoms with Gasteiger partial charge in [0, 0.05) is 23.0 Å². The summed E-state index contributed by atoms with van der Waals surface area (Å²) in [6, 6.07) is 9.95. The molecule has 0 saturated heterocycles. The van der Waals surface area contributed by atoms with Gasteiger partial charge in [-0.05, 0) is 42.0 Å². The molecule has 0 radical (unpaired) electrons. The van der Waals surface area contributed by atoms with E-state index in [-0.39, 0.29) is 22.5 Å². The second kappa shape index (κ2) is 7.64. The Morgan fingerprint density at radius 1 is 0.800 bits per heavy atom. The molecule has 3 aromatic rings. The van der Waals surface area contributed by atoms with Crippen molar-refractivity contribution in [1.29, 1.82) is 0 Å². The normalized spacial score (nSPS) is 12.1. The van der Waals surface area contributed by atoms with Gasteiger partial charge in [-0.25, -0.2) is 0 Å². The highest BCUT2D eigenvalue weighted by atomic mass is 35.5. The van der Waals surface area contributed by atoms with Crippen molar-refractivity contribution in [2.24, 2.45) is 0 Å². The number of halogens is 7. The highest BCUT2D eigenvalue weighted by Gasteiger charge is 2.37. The van der Waals surface area contributed by atoms with E-state index in [9.17, 15) is 31.4 Å². The maximum Gasteiger partial charge on any atom is 0.416 e. The molecule has 0 atom stereocenters. The van der Waals surface area contributed by atoms with E-state index in [1.165, 1.54) is 6.07 Å². The van der Waals surface area contributed by atoms with Gasteiger partial charge in [-0.2, -0.15) is 26.3 Å². The third-order valence-electron chi connectivity index (χ3n) is 4.17. The van der Waals surface area contributed by atoms with Crippen molar-refractivity contribution >= 4 is 28.7 Å². The summed E-state index contributed by atoms with van der Waals surface area (Å²) < 4.78 is 78.1. The van der Waals surface area contributed by atoms with E-state index in [2.05, 4.69) is 5.32 Å². The number of phenols is 1. The van der Waals surface area contributed by atoms with Gasteiger partial charge < -0.3 is 16.2 Å². The Bertz CT molecular complexity index is 1050. The molecule has 0 aliphatic rings. The van der Waals surface area contributed by atoms with Crippen molar-refractivity contribution in [3.05, 3.63) is 70.7 Å². The molecule has 10 heteroatoms. The molecule has 0 unspecified atom stereocenters. The van der Waals surface area contributed by atoms with E-state index in [1.807, 2.05) is 0 Å². The molecule has 0 aliphatic heterocycles. The lowest BCUT2D eigenvalue weighted by molar-refractivity contribution is -0.143. The number of anilines is 3. The van der Waals surface area contributed by atoms with Gasteiger partial charge in [0.25, 0.3) is 0 Å². The lowest BCUT2D eigenvalue weighted by atomic mass is 10.0. The molecule has 30 heavy (non-hydrogen) atoms. The number of nitrogen functional groups attached to an aromatic ring is 1. The fourth-order valence-electron chi connectivity index (χ4n) is 2.73. The first kappa shape index (κ1) is 21.6. The molecule has 0 fully saturated rings. The molecule has 0 heterocycles. The number of hydrogen-bond donors (Lipinski definition) is 3. The Morgan fingerprint density at radius 2 is 1.33 bits per heavy atom. The summed E-state index contributed by atoms with van der Waals surface area (Å²) in [5.41, 5.74) is 3.47. The van der Waals surface area contributed by atoms with Crippen LogP contribution in [-0.2, 0) is 12.4 Å². The summed E-state index contributed by atoms with van der Waals surface area (Å²) in [5.74, 6) is -0.283. The van der Waals surface area contributed by atoms with Gasteiger partial charge in [0.2, 0.25) is 0 Å². The zero-order valence-corrected chi connectivity index (χ0v) is 15.6. The Morgan fingerprint density at radius 3 is 1.83 bits per heavy atom. The van der Waals surface area contributed by atoms with Crippen molar-refractivity contribution < 1.29 is 31.4 Å². The lowest BCUT2D eigenvalue weighted by Gasteiger charge is -2.16. The number of hydrogen-bond acceptors (Lipinski definition) is 3. The molecule has 0 spiro atoms. The monoisotopic (exact) mass is 446 g/mol. The van der Waals surface area contributed by atoms with Gasteiger partial charge >= 0.3 is 12.4 Å². The van der Waals surface area contributed by atoms with Crippen molar-refractivity contribution in [3.63, 3.8) is 0 Å². The molecule has 0 aromatic heterocycles.